The number of nitrogens with zero attached hydrogens (tertiary/aromatic N) is 5. The Morgan fingerprint density at radius 1 is 0.460 bits per heavy atom. The molecule has 0 aliphatic carbocycles. The standard InChI is InChI=1S/C27H22Br2N2.C27H24N2.BHNS/c1-17-13-23(18-7-5-4-6-8-18)30-16-26(17)31-24-11-9-19(28)14-21(24)27(2,3)22-15-20(29)10-12-25(22)31;1-19-17-23(20-11-5-4-6-12-20)28-18-26(19)29-24-15-9-7-13-21(24)27(2,3)22-14-8-10-16-25(22)29;1-2-3/h4-16H,1-3H3;4-18H,1-3H3;3H. The Hall–Kier alpha value is -5.61. The van der Waals surface area contributed by atoms with Crippen LogP contribution in [0.25, 0.3) is 22.5 Å². The molecule has 8 aromatic rings. The van der Waals surface area contributed by atoms with Gasteiger partial charge in [0, 0.05) is 30.9 Å². The second-order valence-corrected chi connectivity index (χ2v) is 18.9. The summed E-state index contributed by atoms with van der Waals surface area (Å²) in [5.74, 6) is 0. The number of pyridine rings is 2. The van der Waals surface area contributed by atoms with Crippen LogP contribution in [-0.4, -0.2) is 17.6 Å². The van der Waals surface area contributed by atoms with E-state index in [2.05, 4.69) is 254 Å². The van der Waals surface area contributed by atoms with Gasteiger partial charge in [-0.15, -0.1) is 0 Å². The zero-order valence-electron chi connectivity index (χ0n) is 36.2. The van der Waals surface area contributed by atoms with Gasteiger partial charge in [0.15, 0.2) is 0 Å². The van der Waals surface area contributed by atoms with Gasteiger partial charge in [0.2, 0.25) is 0 Å². The maximum atomic E-state index is 4.84. The van der Waals surface area contributed by atoms with Gasteiger partial charge < -0.3 is 9.80 Å². The zero-order valence-corrected chi connectivity index (χ0v) is 40.2. The van der Waals surface area contributed by atoms with Crippen LogP contribution in [-0.2, 0) is 10.8 Å². The van der Waals surface area contributed by atoms with Gasteiger partial charge in [-0.25, -0.2) is 0 Å². The van der Waals surface area contributed by atoms with Crippen LogP contribution < -0.4 is 9.80 Å². The minimum atomic E-state index is -0.125. The molecule has 0 amide bonds. The molecule has 0 bridgehead atoms. The predicted octanol–water partition coefficient (Wildman–Crippen LogP) is 16.0. The van der Waals surface area contributed by atoms with E-state index < -0.39 is 0 Å². The number of hydrogen-bond donors (Lipinski definition) is 1. The molecular weight excluding hydrogens is 921 g/mol. The number of rotatable bonds is 4. The Bertz CT molecular complexity index is 2850. The van der Waals surface area contributed by atoms with Crippen LogP contribution in [0.1, 0.15) is 61.1 Å². The van der Waals surface area contributed by atoms with Crippen LogP contribution in [0.15, 0.2) is 183 Å². The maximum absolute atomic E-state index is 4.84. The van der Waals surface area contributed by atoms with Crippen LogP contribution in [0.5, 0.6) is 0 Å². The summed E-state index contributed by atoms with van der Waals surface area (Å²) in [6.07, 6.45) is 4.02. The quantitative estimate of drug-likeness (QED) is 0.141. The molecule has 5 nitrogen and oxygen atoms in total. The van der Waals surface area contributed by atoms with Crippen LogP contribution in [0, 0.1) is 13.8 Å². The summed E-state index contributed by atoms with van der Waals surface area (Å²) >= 11 is 10.6. The van der Waals surface area contributed by atoms with Gasteiger partial charge in [-0.2, -0.15) is 0 Å². The van der Waals surface area contributed by atoms with Crippen molar-refractivity contribution in [1.82, 2.24) is 9.97 Å². The first-order valence-electron chi connectivity index (χ1n) is 20.8. The van der Waals surface area contributed by atoms with Crippen molar-refractivity contribution in [3.05, 3.63) is 212 Å². The summed E-state index contributed by atoms with van der Waals surface area (Å²) in [5, 5.41) is 0. The van der Waals surface area contributed by atoms with E-state index in [0.717, 1.165) is 42.8 Å². The van der Waals surface area contributed by atoms with Gasteiger partial charge in [-0.05, 0) is 108 Å². The second-order valence-electron chi connectivity index (χ2n) is 16.8. The van der Waals surface area contributed by atoms with Crippen molar-refractivity contribution in [1.29, 1.82) is 0 Å². The van der Waals surface area contributed by atoms with E-state index in [-0.39, 0.29) is 10.8 Å². The van der Waals surface area contributed by atoms with E-state index in [9.17, 15) is 0 Å². The van der Waals surface area contributed by atoms with Crippen LogP contribution >= 0.6 is 44.7 Å². The molecule has 2 aromatic heterocycles. The molecule has 311 valence electrons. The van der Waals surface area contributed by atoms with Crippen molar-refractivity contribution >= 4 is 86.4 Å². The van der Waals surface area contributed by atoms with Gasteiger partial charge in [0.1, 0.15) is 0 Å². The molecule has 6 aromatic carbocycles. The zero-order chi connectivity index (χ0) is 44.5. The third kappa shape index (κ3) is 8.47. The van der Waals surface area contributed by atoms with Crippen LogP contribution in [0.4, 0.5) is 34.1 Å². The monoisotopic (exact) mass is 966 g/mol. The fraction of sp³-hybridized carbons (Fsp3) is 0.148. The number of thiol groups is 1. The summed E-state index contributed by atoms with van der Waals surface area (Å²) < 4.78 is 4.87. The predicted molar refractivity (Wildman–Crippen MR) is 275 cm³/mol. The normalized spacial score (nSPS) is 13.7. The number of aromatic nitrogens is 2. The molecule has 2 aliphatic rings. The molecule has 0 N–H and O–H groups in total. The molecule has 2 aliphatic heterocycles. The average molecular weight is 969 g/mol. The van der Waals surface area contributed by atoms with E-state index >= 15 is 0 Å². The number of hydrogen-bond acceptors (Lipinski definition) is 6. The number of anilines is 6. The fourth-order valence-corrected chi connectivity index (χ4v) is 9.69. The molecule has 0 saturated carbocycles. The molecule has 0 fully saturated rings. The molecule has 0 spiro atoms. The van der Waals surface area contributed by atoms with E-state index in [1.54, 1.807) is 0 Å². The molecule has 0 saturated heterocycles. The molecule has 10 rings (SSSR count). The Kier molecular flexibility index (Phi) is 12.7. The summed E-state index contributed by atoms with van der Waals surface area (Å²) in [6, 6.07) is 55.7. The van der Waals surface area contributed by atoms with Crippen molar-refractivity contribution in [2.24, 2.45) is 4.30 Å². The van der Waals surface area contributed by atoms with Crippen molar-refractivity contribution in [3.63, 3.8) is 0 Å². The number of benzene rings is 6. The number of para-hydroxylation sites is 2. The molecule has 0 unspecified atom stereocenters. The third-order valence-corrected chi connectivity index (χ3v) is 13.2. The second kappa shape index (κ2) is 18.2. The molecule has 1 radical (unpaired) electrons. The Morgan fingerprint density at radius 2 is 0.794 bits per heavy atom. The first kappa shape index (κ1) is 44.0. The first-order chi connectivity index (χ1) is 30.3. The van der Waals surface area contributed by atoms with Gasteiger partial charge in [-0.1, -0.05) is 157 Å². The summed E-state index contributed by atoms with van der Waals surface area (Å²) in [7, 11) is 4.34. The topological polar surface area (TPSA) is 44.6 Å². The SMILES string of the molecule is Cc1cc(-c2ccccc2)ncc1N1c2ccc(Br)cc2C(C)(C)c2cc(Br)ccc21.Cc1cc(-c2ccccc2)ncc1N1c2ccccc2C(C)(C)c2ccccc21.[B]=NS. The van der Waals surface area contributed by atoms with Crippen molar-refractivity contribution < 1.29 is 0 Å². The Labute approximate surface area is 395 Å². The minimum absolute atomic E-state index is 0.0466. The van der Waals surface area contributed by atoms with E-state index in [4.69, 9.17) is 9.97 Å². The average Bonchev–Trinajstić information content (AvgIpc) is 3.29. The van der Waals surface area contributed by atoms with E-state index in [1.165, 1.54) is 56.1 Å². The van der Waals surface area contributed by atoms with E-state index in [0.29, 0.717) is 0 Å². The van der Waals surface area contributed by atoms with Crippen LogP contribution in [0.2, 0.25) is 0 Å². The molecule has 63 heavy (non-hydrogen) atoms. The first-order valence-corrected chi connectivity index (χ1v) is 22.8. The van der Waals surface area contributed by atoms with Crippen molar-refractivity contribution in [2.75, 3.05) is 9.80 Å². The number of aryl methyl sites for hydroxylation is 2. The van der Waals surface area contributed by atoms with Crippen molar-refractivity contribution in [3.8, 4) is 22.5 Å². The van der Waals surface area contributed by atoms with Gasteiger partial charge in [0.05, 0.1) is 57.9 Å². The number of halogens is 2. The van der Waals surface area contributed by atoms with Crippen LogP contribution in [0.3, 0.4) is 0 Å². The van der Waals surface area contributed by atoms with Gasteiger partial charge >= 0.3 is 24.8 Å². The number of fused-ring (bicyclic) bond motifs is 4. The van der Waals surface area contributed by atoms with E-state index in [1.807, 2.05) is 24.5 Å². The summed E-state index contributed by atoms with van der Waals surface area (Å²) in [5.41, 5.74) is 18.8. The van der Waals surface area contributed by atoms with Gasteiger partial charge in [0.25, 0.3) is 0 Å². The molecular formula is C54H47BBr2N5S. The molecule has 0 atom stereocenters. The summed E-state index contributed by atoms with van der Waals surface area (Å²) in [6.45, 7) is 13.6. The third-order valence-electron chi connectivity index (χ3n) is 12.2. The Morgan fingerprint density at radius 3 is 1.17 bits per heavy atom. The fourth-order valence-electron chi connectivity index (χ4n) is 8.97. The molecule has 4 heterocycles. The Balaban J connectivity index is 0.000000163. The summed E-state index contributed by atoms with van der Waals surface area (Å²) in [4.78, 5) is 14.4. The molecule has 9 heteroatoms. The van der Waals surface area contributed by atoms with Gasteiger partial charge in [-0.3, -0.25) is 9.97 Å². The van der Waals surface area contributed by atoms with Crippen molar-refractivity contribution in [2.45, 2.75) is 52.4 Å².